The van der Waals surface area contributed by atoms with Gasteiger partial charge in [0.2, 0.25) is 5.91 Å². The van der Waals surface area contributed by atoms with Gasteiger partial charge >= 0.3 is 0 Å². The number of hydrogen-bond acceptors (Lipinski definition) is 5. The number of nitrogens with one attached hydrogen (secondary N) is 1. The van der Waals surface area contributed by atoms with Gasteiger partial charge in [0, 0.05) is 19.4 Å². The lowest BCUT2D eigenvalue weighted by molar-refractivity contribution is -0.122. The van der Waals surface area contributed by atoms with E-state index >= 15 is 0 Å². The predicted octanol–water partition coefficient (Wildman–Crippen LogP) is 2.91. The van der Waals surface area contributed by atoms with Crippen LogP contribution in [0.3, 0.4) is 0 Å². The molecule has 158 valence electrons. The highest BCUT2D eigenvalue weighted by Gasteiger charge is 2.34. The number of amides is 1. The fraction of sp³-hybridized carbons (Fsp3) is 0.650. The second-order valence-electron chi connectivity index (χ2n) is 7.01. The predicted molar refractivity (Wildman–Crippen MR) is 107 cm³/mol. The molecule has 8 heteroatoms. The number of carbonyl (C=O) groups excluding carboxylic acids is 3. The molecular formula is C20H31NO6S. The Labute approximate surface area is 167 Å². The molecule has 0 bridgehead atoms. The van der Waals surface area contributed by atoms with Crippen molar-refractivity contribution in [2.45, 2.75) is 76.4 Å². The average Bonchev–Trinajstić information content (AvgIpc) is 2.63. The molecule has 0 saturated carbocycles. The number of hydrogen-bond donors (Lipinski definition) is 2. The Bertz CT molecular complexity index is 708. The first kappa shape index (κ1) is 24.2. The maximum atomic E-state index is 12.1. The maximum Gasteiger partial charge on any atom is 0.279 e. The van der Waals surface area contributed by atoms with Gasteiger partial charge in [-0.25, -0.2) is 0 Å². The third-order valence-electron chi connectivity index (χ3n) is 4.60. The molecule has 0 aromatic carbocycles. The van der Waals surface area contributed by atoms with Crippen LogP contribution in [-0.4, -0.2) is 42.2 Å². The van der Waals surface area contributed by atoms with Gasteiger partial charge in [-0.3, -0.25) is 18.9 Å². The molecule has 0 fully saturated rings. The summed E-state index contributed by atoms with van der Waals surface area (Å²) in [7, 11) is -4.56. The third-order valence-corrected chi connectivity index (χ3v) is 5.62. The first-order valence-corrected chi connectivity index (χ1v) is 11.5. The molecule has 0 saturated heterocycles. The van der Waals surface area contributed by atoms with Crippen LogP contribution in [0.2, 0.25) is 0 Å². The van der Waals surface area contributed by atoms with E-state index in [0.29, 0.717) is 25.8 Å². The van der Waals surface area contributed by atoms with Crippen molar-refractivity contribution in [3.63, 3.8) is 0 Å². The Morgan fingerprint density at radius 1 is 1.04 bits per heavy atom. The van der Waals surface area contributed by atoms with E-state index in [1.807, 2.05) is 0 Å². The summed E-state index contributed by atoms with van der Waals surface area (Å²) in [4.78, 5) is 35.9. The van der Waals surface area contributed by atoms with Crippen LogP contribution in [-0.2, 0) is 24.5 Å². The highest BCUT2D eigenvalue weighted by Crippen LogP contribution is 2.18. The van der Waals surface area contributed by atoms with Crippen molar-refractivity contribution in [3.8, 4) is 0 Å². The number of ketones is 2. The lowest BCUT2D eigenvalue weighted by atomic mass is 9.96. The van der Waals surface area contributed by atoms with Gasteiger partial charge in [0.05, 0.1) is 5.57 Å². The molecule has 1 aliphatic rings. The van der Waals surface area contributed by atoms with E-state index in [1.54, 1.807) is 0 Å². The summed E-state index contributed by atoms with van der Waals surface area (Å²) in [6.07, 6.45) is 11.8. The van der Waals surface area contributed by atoms with E-state index in [2.05, 4.69) is 12.2 Å². The van der Waals surface area contributed by atoms with Gasteiger partial charge in [-0.1, -0.05) is 51.2 Å². The number of carbonyl (C=O) groups is 3. The molecule has 1 rings (SSSR count). The molecule has 0 aromatic heterocycles. The van der Waals surface area contributed by atoms with Crippen LogP contribution in [0.1, 0.15) is 71.1 Å². The Balaban J connectivity index is 2.19. The zero-order valence-corrected chi connectivity index (χ0v) is 17.3. The zero-order chi connectivity index (χ0) is 21.0. The molecule has 7 nitrogen and oxygen atoms in total. The maximum absolute atomic E-state index is 12.1. The molecule has 0 aromatic rings. The largest absolute Gasteiger partial charge is 0.356 e. The van der Waals surface area contributed by atoms with Crippen LogP contribution in [0.4, 0.5) is 0 Å². The van der Waals surface area contributed by atoms with Gasteiger partial charge in [-0.15, -0.1) is 0 Å². The minimum Gasteiger partial charge on any atom is -0.356 e. The normalized spacial score (nSPS) is 16.7. The van der Waals surface area contributed by atoms with Crippen LogP contribution in [0.5, 0.6) is 0 Å². The summed E-state index contributed by atoms with van der Waals surface area (Å²) in [5.41, 5.74) is -0.193. The average molecular weight is 414 g/mol. The Morgan fingerprint density at radius 2 is 1.68 bits per heavy atom. The summed E-state index contributed by atoms with van der Waals surface area (Å²) >= 11 is 0. The number of allylic oxidation sites excluding steroid dienone is 3. The molecular weight excluding hydrogens is 382 g/mol. The highest BCUT2D eigenvalue weighted by molar-refractivity contribution is 7.87. The first-order valence-electron chi connectivity index (χ1n) is 9.96. The molecule has 1 atom stereocenters. The minimum absolute atomic E-state index is 0.0496. The fourth-order valence-corrected chi connectivity index (χ4v) is 3.65. The zero-order valence-electron chi connectivity index (χ0n) is 16.5. The van der Waals surface area contributed by atoms with Crippen molar-refractivity contribution in [1.29, 1.82) is 0 Å². The van der Waals surface area contributed by atoms with Crippen molar-refractivity contribution in [3.05, 3.63) is 23.8 Å². The quantitative estimate of drug-likeness (QED) is 0.257. The fourth-order valence-electron chi connectivity index (χ4n) is 2.97. The molecule has 1 amide bonds. The van der Waals surface area contributed by atoms with Gasteiger partial charge in [-0.2, -0.15) is 8.42 Å². The molecule has 1 unspecified atom stereocenters. The van der Waals surface area contributed by atoms with Crippen LogP contribution < -0.4 is 5.32 Å². The Hall–Kier alpha value is -1.80. The van der Waals surface area contributed by atoms with E-state index < -0.39 is 26.9 Å². The summed E-state index contributed by atoms with van der Waals surface area (Å²) in [6, 6.07) is 0. The number of rotatable bonds is 14. The molecule has 2 N–H and O–H groups in total. The summed E-state index contributed by atoms with van der Waals surface area (Å²) in [6.45, 7) is 2.70. The monoisotopic (exact) mass is 413 g/mol. The molecule has 28 heavy (non-hydrogen) atoms. The SMILES string of the molecule is CCCCCCCC(=O)NCCCCCC(=O)C1=CC=CC(S(=O)(=O)O)C1=O. The van der Waals surface area contributed by atoms with Gasteiger partial charge in [-0.05, 0) is 25.3 Å². The van der Waals surface area contributed by atoms with Crippen LogP contribution in [0.15, 0.2) is 23.8 Å². The second-order valence-corrected chi connectivity index (χ2v) is 8.55. The van der Waals surface area contributed by atoms with E-state index in [-0.39, 0.29) is 17.9 Å². The number of unbranched alkanes of at least 4 members (excludes halogenated alkanes) is 6. The molecule has 0 spiro atoms. The van der Waals surface area contributed by atoms with Crippen LogP contribution in [0.25, 0.3) is 0 Å². The first-order chi connectivity index (χ1) is 13.3. The highest BCUT2D eigenvalue weighted by atomic mass is 32.2. The van der Waals surface area contributed by atoms with Crippen molar-refractivity contribution in [2.75, 3.05) is 6.54 Å². The van der Waals surface area contributed by atoms with Crippen LogP contribution >= 0.6 is 0 Å². The van der Waals surface area contributed by atoms with E-state index in [1.165, 1.54) is 25.0 Å². The van der Waals surface area contributed by atoms with Crippen molar-refractivity contribution in [1.82, 2.24) is 5.32 Å². The van der Waals surface area contributed by atoms with E-state index in [9.17, 15) is 22.8 Å². The van der Waals surface area contributed by atoms with E-state index in [0.717, 1.165) is 31.8 Å². The third kappa shape index (κ3) is 8.93. The van der Waals surface area contributed by atoms with Crippen molar-refractivity contribution in [2.24, 2.45) is 0 Å². The summed E-state index contributed by atoms with van der Waals surface area (Å²) < 4.78 is 31.4. The molecule has 0 aliphatic heterocycles. The smallest absolute Gasteiger partial charge is 0.279 e. The van der Waals surface area contributed by atoms with E-state index in [4.69, 9.17) is 4.55 Å². The molecule has 0 radical (unpaired) electrons. The Kier molecular flexibility index (Phi) is 10.9. The molecule has 0 heterocycles. The van der Waals surface area contributed by atoms with Gasteiger partial charge < -0.3 is 5.32 Å². The topological polar surface area (TPSA) is 118 Å². The second kappa shape index (κ2) is 12.6. The van der Waals surface area contributed by atoms with Gasteiger partial charge in [0.15, 0.2) is 16.8 Å². The lowest BCUT2D eigenvalue weighted by Crippen LogP contribution is -2.33. The van der Waals surface area contributed by atoms with Crippen LogP contribution in [0, 0.1) is 0 Å². The molecule has 1 aliphatic carbocycles. The van der Waals surface area contributed by atoms with Crippen molar-refractivity contribution >= 4 is 27.6 Å². The summed E-state index contributed by atoms with van der Waals surface area (Å²) in [5.74, 6) is -1.27. The van der Waals surface area contributed by atoms with Gasteiger partial charge in [0.25, 0.3) is 10.1 Å². The minimum atomic E-state index is -4.56. The standard InChI is InChI=1S/C20H31NO6S/c1-2-3-4-5-8-14-19(23)21-15-9-6-7-12-17(22)16-11-10-13-18(20(16)24)28(25,26)27/h10-11,13,18H,2-9,12,14-15H2,1H3,(H,21,23)(H,25,26,27). The van der Waals surface area contributed by atoms with Crippen molar-refractivity contribution < 1.29 is 27.4 Å². The Morgan fingerprint density at radius 3 is 2.36 bits per heavy atom. The van der Waals surface area contributed by atoms with Gasteiger partial charge in [0.1, 0.15) is 0 Å². The number of Topliss-reactive ketones (excluding diaryl/α,β-unsaturated/α-hetero) is 2. The summed E-state index contributed by atoms with van der Waals surface area (Å²) in [5, 5.41) is 1.16. The lowest BCUT2D eigenvalue weighted by Gasteiger charge is -2.14.